The molecule has 0 saturated carbocycles. The van der Waals surface area contributed by atoms with Crippen LogP contribution in [0.4, 0.5) is 0 Å². The summed E-state index contributed by atoms with van der Waals surface area (Å²) in [5.41, 5.74) is 0. The van der Waals surface area contributed by atoms with Crippen LogP contribution in [0.5, 0.6) is 0 Å². The normalized spacial score (nSPS) is 20.3. The fraction of sp³-hybridized carbons (Fsp3) is 0.750. The van der Waals surface area contributed by atoms with Crippen LogP contribution in [0.1, 0.15) is 26.2 Å². The zero-order chi connectivity index (χ0) is 9.14. The number of carbonyl (C=O) groups is 2. The van der Waals surface area contributed by atoms with Crippen molar-refractivity contribution in [3.8, 4) is 0 Å². The minimum Gasteiger partial charge on any atom is -0.394 e. The van der Waals surface area contributed by atoms with Crippen LogP contribution in [-0.4, -0.2) is 34.5 Å². The molecule has 2 amide bonds. The van der Waals surface area contributed by atoms with Crippen LogP contribution in [0.2, 0.25) is 0 Å². The lowest BCUT2D eigenvalue weighted by atomic mass is 10.2. The first-order valence-electron chi connectivity index (χ1n) is 4.16. The highest BCUT2D eigenvalue weighted by molar-refractivity contribution is 6.02. The van der Waals surface area contributed by atoms with Gasteiger partial charge in [-0.15, -0.1) is 0 Å². The second-order valence-electron chi connectivity index (χ2n) is 2.90. The summed E-state index contributed by atoms with van der Waals surface area (Å²) in [5, 5.41) is 8.88. The van der Waals surface area contributed by atoms with E-state index in [4.69, 9.17) is 5.11 Å². The van der Waals surface area contributed by atoms with Gasteiger partial charge in [-0.1, -0.05) is 6.92 Å². The van der Waals surface area contributed by atoms with E-state index in [1.807, 2.05) is 6.92 Å². The van der Waals surface area contributed by atoms with Gasteiger partial charge in [0.1, 0.15) is 0 Å². The van der Waals surface area contributed by atoms with Crippen molar-refractivity contribution in [1.82, 2.24) is 4.90 Å². The summed E-state index contributed by atoms with van der Waals surface area (Å²) in [5.74, 6) is -0.304. The molecule has 1 aliphatic heterocycles. The molecular weight excluding hydrogens is 158 g/mol. The van der Waals surface area contributed by atoms with Gasteiger partial charge in [-0.2, -0.15) is 0 Å². The number of aliphatic hydroxyl groups is 1. The third kappa shape index (κ3) is 1.48. The van der Waals surface area contributed by atoms with E-state index in [2.05, 4.69) is 0 Å². The van der Waals surface area contributed by atoms with E-state index >= 15 is 0 Å². The third-order valence-corrected chi connectivity index (χ3v) is 2.14. The molecule has 1 N–H and O–H groups in total. The van der Waals surface area contributed by atoms with Gasteiger partial charge in [0, 0.05) is 12.8 Å². The molecule has 0 aliphatic carbocycles. The Hall–Kier alpha value is -0.900. The summed E-state index contributed by atoms with van der Waals surface area (Å²) in [6, 6.07) is -0.313. The Labute approximate surface area is 71.2 Å². The highest BCUT2D eigenvalue weighted by Gasteiger charge is 2.33. The molecule has 68 valence electrons. The first-order chi connectivity index (χ1) is 5.70. The van der Waals surface area contributed by atoms with E-state index in [9.17, 15) is 9.59 Å². The van der Waals surface area contributed by atoms with E-state index < -0.39 is 0 Å². The predicted molar refractivity (Wildman–Crippen MR) is 42.3 cm³/mol. The van der Waals surface area contributed by atoms with E-state index in [0.29, 0.717) is 19.3 Å². The number of imide groups is 1. The number of rotatable bonds is 3. The fourth-order valence-electron chi connectivity index (χ4n) is 1.39. The molecule has 0 aromatic rings. The molecule has 1 rings (SSSR count). The Balaban J connectivity index is 2.70. The summed E-state index contributed by atoms with van der Waals surface area (Å²) in [7, 11) is 0. The minimum atomic E-state index is -0.313. The van der Waals surface area contributed by atoms with Gasteiger partial charge in [0.2, 0.25) is 11.8 Å². The molecule has 1 aliphatic rings. The fourth-order valence-corrected chi connectivity index (χ4v) is 1.39. The third-order valence-electron chi connectivity index (χ3n) is 2.14. The zero-order valence-corrected chi connectivity index (χ0v) is 7.12. The maximum Gasteiger partial charge on any atom is 0.230 e. The molecule has 1 saturated heterocycles. The summed E-state index contributed by atoms with van der Waals surface area (Å²) < 4.78 is 0. The van der Waals surface area contributed by atoms with Crippen LogP contribution in [0.25, 0.3) is 0 Å². The van der Waals surface area contributed by atoms with Crippen molar-refractivity contribution < 1.29 is 14.7 Å². The van der Waals surface area contributed by atoms with Crippen molar-refractivity contribution in [1.29, 1.82) is 0 Å². The topological polar surface area (TPSA) is 57.6 Å². The van der Waals surface area contributed by atoms with Gasteiger partial charge in [-0.3, -0.25) is 14.5 Å². The first kappa shape index (κ1) is 9.19. The number of nitrogens with zero attached hydrogens (tertiary/aromatic N) is 1. The first-order valence-corrected chi connectivity index (χ1v) is 4.16. The van der Waals surface area contributed by atoms with E-state index in [1.165, 1.54) is 4.90 Å². The highest BCUT2D eigenvalue weighted by atomic mass is 16.3. The highest BCUT2D eigenvalue weighted by Crippen LogP contribution is 2.16. The Morgan fingerprint density at radius 1 is 1.42 bits per heavy atom. The van der Waals surface area contributed by atoms with Crippen molar-refractivity contribution in [3.05, 3.63) is 0 Å². The number of hydrogen-bond donors (Lipinski definition) is 1. The monoisotopic (exact) mass is 171 g/mol. The Bertz CT molecular complexity index is 182. The zero-order valence-electron chi connectivity index (χ0n) is 7.12. The molecule has 1 atom stereocenters. The van der Waals surface area contributed by atoms with Gasteiger partial charge in [0.25, 0.3) is 0 Å². The van der Waals surface area contributed by atoms with Gasteiger partial charge in [0.15, 0.2) is 0 Å². The molecule has 12 heavy (non-hydrogen) atoms. The second kappa shape index (κ2) is 3.67. The van der Waals surface area contributed by atoms with Gasteiger partial charge in [-0.25, -0.2) is 0 Å². The average molecular weight is 171 g/mol. The molecule has 1 fully saturated rings. The van der Waals surface area contributed by atoms with E-state index in [-0.39, 0.29) is 24.5 Å². The van der Waals surface area contributed by atoms with Crippen molar-refractivity contribution in [2.75, 3.05) is 6.61 Å². The Kier molecular flexibility index (Phi) is 2.81. The van der Waals surface area contributed by atoms with Crippen LogP contribution >= 0.6 is 0 Å². The number of aliphatic hydroxyl groups excluding tert-OH is 1. The molecule has 0 bridgehead atoms. The summed E-state index contributed by atoms with van der Waals surface area (Å²) in [4.78, 5) is 23.5. The van der Waals surface area contributed by atoms with Crippen molar-refractivity contribution in [2.45, 2.75) is 32.2 Å². The minimum absolute atomic E-state index is 0.131. The lowest BCUT2D eigenvalue weighted by molar-refractivity contribution is -0.142. The largest absolute Gasteiger partial charge is 0.394 e. The summed E-state index contributed by atoms with van der Waals surface area (Å²) in [6.45, 7) is 1.72. The standard InChI is InChI=1S/C8H13NO3/c1-2-6(5-10)9-7(11)3-4-8(9)12/h6,10H,2-5H2,1H3/t6-/m1/s1. The van der Waals surface area contributed by atoms with E-state index in [0.717, 1.165) is 0 Å². The van der Waals surface area contributed by atoms with Gasteiger partial charge in [0.05, 0.1) is 12.6 Å². The second-order valence-corrected chi connectivity index (χ2v) is 2.90. The molecule has 0 radical (unpaired) electrons. The van der Waals surface area contributed by atoms with Crippen LogP contribution < -0.4 is 0 Å². The van der Waals surface area contributed by atoms with E-state index in [1.54, 1.807) is 0 Å². The van der Waals surface area contributed by atoms with Crippen molar-refractivity contribution in [3.63, 3.8) is 0 Å². The SMILES string of the molecule is CC[C@H](CO)N1C(=O)CCC1=O. The molecule has 0 aromatic carbocycles. The Morgan fingerprint density at radius 2 is 1.92 bits per heavy atom. The predicted octanol–water partition coefficient (Wildman–Crippen LogP) is -0.0937. The smallest absolute Gasteiger partial charge is 0.230 e. The van der Waals surface area contributed by atoms with Gasteiger partial charge >= 0.3 is 0 Å². The average Bonchev–Trinajstić information content (AvgIpc) is 2.38. The lowest BCUT2D eigenvalue weighted by Crippen LogP contribution is -2.41. The quantitative estimate of drug-likeness (QED) is 0.603. The summed E-state index contributed by atoms with van der Waals surface area (Å²) >= 11 is 0. The van der Waals surface area contributed by atoms with Crippen LogP contribution in [0.15, 0.2) is 0 Å². The van der Waals surface area contributed by atoms with Crippen LogP contribution in [0, 0.1) is 0 Å². The molecule has 4 nitrogen and oxygen atoms in total. The number of carbonyl (C=O) groups excluding carboxylic acids is 2. The molecule has 0 unspecified atom stereocenters. The van der Waals surface area contributed by atoms with Crippen LogP contribution in [-0.2, 0) is 9.59 Å². The summed E-state index contributed by atoms with van der Waals surface area (Å²) in [6.07, 6.45) is 1.22. The van der Waals surface area contributed by atoms with Gasteiger partial charge in [-0.05, 0) is 6.42 Å². The molecule has 0 spiro atoms. The molecular formula is C8H13NO3. The maximum absolute atomic E-state index is 11.1. The lowest BCUT2D eigenvalue weighted by Gasteiger charge is -2.22. The molecule has 0 aromatic heterocycles. The van der Waals surface area contributed by atoms with Gasteiger partial charge < -0.3 is 5.11 Å². The Morgan fingerprint density at radius 3 is 2.25 bits per heavy atom. The number of amides is 2. The van der Waals surface area contributed by atoms with Crippen molar-refractivity contribution in [2.24, 2.45) is 0 Å². The molecule has 1 heterocycles. The maximum atomic E-state index is 11.1. The number of hydrogen-bond acceptors (Lipinski definition) is 3. The van der Waals surface area contributed by atoms with Crippen LogP contribution in [0.3, 0.4) is 0 Å². The van der Waals surface area contributed by atoms with Crippen molar-refractivity contribution >= 4 is 11.8 Å². The number of likely N-dealkylation sites (tertiary alicyclic amines) is 1. The molecule has 4 heteroatoms.